The summed E-state index contributed by atoms with van der Waals surface area (Å²) in [7, 11) is 0. The van der Waals surface area contributed by atoms with Crippen LogP contribution in [0.4, 0.5) is 0 Å². The SMILES string of the molecule is C=CCC=CCCCC(=O)CC(=O)CC. The van der Waals surface area contributed by atoms with E-state index in [2.05, 4.69) is 12.7 Å². The molecular formula is C13H20O2. The summed E-state index contributed by atoms with van der Waals surface area (Å²) >= 11 is 0. The highest BCUT2D eigenvalue weighted by molar-refractivity contribution is 5.98. The number of ketones is 2. The van der Waals surface area contributed by atoms with Crippen molar-refractivity contribution in [3.8, 4) is 0 Å². The van der Waals surface area contributed by atoms with Crippen molar-refractivity contribution in [3.63, 3.8) is 0 Å². The second kappa shape index (κ2) is 9.38. The molecule has 0 spiro atoms. The molecule has 15 heavy (non-hydrogen) atoms. The van der Waals surface area contributed by atoms with E-state index in [1.807, 2.05) is 12.2 Å². The highest BCUT2D eigenvalue weighted by Gasteiger charge is 2.06. The first-order valence-electron chi connectivity index (χ1n) is 5.50. The minimum absolute atomic E-state index is 0.0437. The van der Waals surface area contributed by atoms with E-state index in [4.69, 9.17) is 0 Å². The molecule has 0 aromatic rings. The van der Waals surface area contributed by atoms with Crippen molar-refractivity contribution in [1.29, 1.82) is 0 Å². The number of allylic oxidation sites excluding steroid dienone is 3. The van der Waals surface area contributed by atoms with Crippen LogP contribution in [-0.2, 0) is 9.59 Å². The van der Waals surface area contributed by atoms with E-state index < -0.39 is 0 Å². The summed E-state index contributed by atoms with van der Waals surface area (Å²) in [5, 5.41) is 0. The zero-order valence-electron chi connectivity index (χ0n) is 9.50. The van der Waals surface area contributed by atoms with Gasteiger partial charge in [-0.25, -0.2) is 0 Å². The fourth-order valence-corrected chi connectivity index (χ4v) is 1.16. The van der Waals surface area contributed by atoms with Crippen LogP contribution in [0, 0.1) is 0 Å². The maximum atomic E-state index is 11.2. The van der Waals surface area contributed by atoms with Crippen LogP contribution in [0.1, 0.15) is 45.4 Å². The molecule has 0 radical (unpaired) electrons. The molecule has 2 heteroatoms. The van der Waals surface area contributed by atoms with Gasteiger partial charge in [0.15, 0.2) is 0 Å². The molecule has 0 rings (SSSR count). The quantitative estimate of drug-likeness (QED) is 0.331. The summed E-state index contributed by atoms with van der Waals surface area (Å²) in [5.41, 5.74) is 0. The van der Waals surface area contributed by atoms with Crippen LogP contribution in [0.3, 0.4) is 0 Å². The van der Waals surface area contributed by atoms with Crippen molar-refractivity contribution in [2.45, 2.75) is 45.4 Å². The topological polar surface area (TPSA) is 34.1 Å². The molecule has 0 fully saturated rings. The molecule has 0 heterocycles. The van der Waals surface area contributed by atoms with Crippen LogP contribution in [0.15, 0.2) is 24.8 Å². The third-order valence-corrected chi connectivity index (χ3v) is 2.08. The Morgan fingerprint density at radius 1 is 1.20 bits per heavy atom. The average Bonchev–Trinajstić information content (AvgIpc) is 2.23. The van der Waals surface area contributed by atoms with Gasteiger partial charge in [0.25, 0.3) is 0 Å². The molecule has 0 aromatic heterocycles. The van der Waals surface area contributed by atoms with Crippen molar-refractivity contribution in [2.24, 2.45) is 0 Å². The van der Waals surface area contributed by atoms with Crippen molar-refractivity contribution in [2.75, 3.05) is 0 Å². The Labute approximate surface area is 92.1 Å². The highest BCUT2D eigenvalue weighted by atomic mass is 16.1. The van der Waals surface area contributed by atoms with Crippen LogP contribution in [0.25, 0.3) is 0 Å². The fraction of sp³-hybridized carbons (Fsp3) is 0.538. The molecule has 0 N–H and O–H groups in total. The van der Waals surface area contributed by atoms with E-state index in [0.29, 0.717) is 12.8 Å². The smallest absolute Gasteiger partial charge is 0.140 e. The Balaban J connectivity index is 3.46. The number of carbonyl (C=O) groups is 2. The summed E-state index contributed by atoms with van der Waals surface area (Å²) < 4.78 is 0. The lowest BCUT2D eigenvalue weighted by atomic mass is 10.1. The zero-order valence-corrected chi connectivity index (χ0v) is 9.50. The summed E-state index contributed by atoms with van der Waals surface area (Å²) in [6.07, 6.45) is 9.64. The van der Waals surface area contributed by atoms with Gasteiger partial charge in [-0.05, 0) is 19.3 Å². The van der Waals surface area contributed by atoms with E-state index in [0.717, 1.165) is 19.3 Å². The Morgan fingerprint density at radius 2 is 1.93 bits per heavy atom. The maximum absolute atomic E-state index is 11.2. The second-order valence-corrected chi connectivity index (χ2v) is 3.50. The van der Waals surface area contributed by atoms with Crippen LogP contribution >= 0.6 is 0 Å². The summed E-state index contributed by atoms with van der Waals surface area (Å²) in [5.74, 6) is 0.112. The van der Waals surface area contributed by atoms with E-state index in [9.17, 15) is 9.59 Å². The number of carbonyl (C=O) groups excluding carboxylic acids is 2. The van der Waals surface area contributed by atoms with Gasteiger partial charge in [-0.2, -0.15) is 0 Å². The lowest BCUT2D eigenvalue weighted by Gasteiger charge is -1.97. The monoisotopic (exact) mass is 208 g/mol. The predicted octanol–water partition coefficient (Wildman–Crippen LogP) is 3.23. The van der Waals surface area contributed by atoms with Gasteiger partial charge in [-0.15, -0.1) is 6.58 Å². The minimum atomic E-state index is 0.0437. The number of unbranched alkanes of at least 4 members (excludes halogenated alkanes) is 1. The molecule has 0 aliphatic rings. The number of hydrogen-bond acceptors (Lipinski definition) is 2. The van der Waals surface area contributed by atoms with Crippen LogP contribution in [-0.4, -0.2) is 11.6 Å². The first-order valence-corrected chi connectivity index (χ1v) is 5.50. The second-order valence-electron chi connectivity index (χ2n) is 3.50. The fourth-order valence-electron chi connectivity index (χ4n) is 1.16. The molecule has 0 aliphatic carbocycles. The Morgan fingerprint density at radius 3 is 2.53 bits per heavy atom. The average molecular weight is 208 g/mol. The summed E-state index contributed by atoms with van der Waals surface area (Å²) in [6, 6.07) is 0. The van der Waals surface area contributed by atoms with Gasteiger partial charge in [0.05, 0.1) is 6.42 Å². The van der Waals surface area contributed by atoms with Gasteiger partial charge < -0.3 is 0 Å². The molecule has 0 aromatic carbocycles. The van der Waals surface area contributed by atoms with Crippen LogP contribution in [0.5, 0.6) is 0 Å². The molecule has 0 bridgehead atoms. The van der Waals surface area contributed by atoms with E-state index in [1.165, 1.54) is 0 Å². The molecular weight excluding hydrogens is 188 g/mol. The lowest BCUT2D eigenvalue weighted by Crippen LogP contribution is -2.05. The zero-order chi connectivity index (χ0) is 11.5. The largest absolute Gasteiger partial charge is 0.299 e. The number of Topliss-reactive ketones (excluding diaryl/α,β-unsaturated/α-hetero) is 2. The van der Waals surface area contributed by atoms with Crippen molar-refractivity contribution < 1.29 is 9.59 Å². The summed E-state index contributed by atoms with van der Waals surface area (Å²) in [6.45, 7) is 5.39. The standard InChI is InChI=1S/C13H20O2/c1-3-5-6-7-8-9-10-13(15)11-12(14)4-2/h3,6-7H,1,4-5,8-11H2,2H3. The van der Waals surface area contributed by atoms with Crippen LogP contribution < -0.4 is 0 Å². The summed E-state index contributed by atoms with van der Waals surface area (Å²) in [4.78, 5) is 22.2. The van der Waals surface area contributed by atoms with Crippen LogP contribution in [0.2, 0.25) is 0 Å². The molecule has 0 saturated carbocycles. The first kappa shape index (κ1) is 13.8. The minimum Gasteiger partial charge on any atom is -0.299 e. The van der Waals surface area contributed by atoms with E-state index in [1.54, 1.807) is 6.92 Å². The third-order valence-electron chi connectivity index (χ3n) is 2.08. The number of hydrogen-bond donors (Lipinski definition) is 0. The normalized spacial score (nSPS) is 10.5. The molecule has 0 aliphatic heterocycles. The lowest BCUT2D eigenvalue weighted by molar-refractivity contribution is -0.126. The van der Waals surface area contributed by atoms with Gasteiger partial charge in [0.2, 0.25) is 0 Å². The number of rotatable bonds is 9. The van der Waals surface area contributed by atoms with Crippen molar-refractivity contribution in [1.82, 2.24) is 0 Å². The Kier molecular flexibility index (Phi) is 8.64. The van der Waals surface area contributed by atoms with Gasteiger partial charge in [0, 0.05) is 12.8 Å². The van der Waals surface area contributed by atoms with Crippen molar-refractivity contribution >= 4 is 11.6 Å². The maximum Gasteiger partial charge on any atom is 0.140 e. The van der Waals surface area contributed by atoms with Gasteiger partial charge >= 0.3 is 0 Å². The third kappa shape index (κ3) is 9.13. The van der Waals surface area contributed by atoms with E-state index in [-0.39, 0.29) is 18.0 Å². The van der Waals surface area contributed by atoms with Gasteiger partial charge in [-0.3, -0.25) is 9.59 Å². The van der Waals surface area contributed by atoms with E-state index >= 15 is 0 Å². The van der Waals surface area contributed by atoms with Gasteiger partial charge in [0.1, 0.15) is 11.6 Å². The Bertz CT molecular complexity index is 239. The van der Waals surface area contributed by atoms with Gasteiger partial charge in [-0.1, -0.05) is 25.2 Å². The molecule has 84 valence electrons. The Hall–Kier alpha value is -1.18. The molecule has 0 atom stereocenters. The highest BCUT2D eigenvalue weighted by Crippen LogP contribution is 2.02. The predicted molar refractivity (Wildman–Crippen MR) is 62.7 cm³/mol. The van der Waals surface area contributed by atoms with Crippen molar-refractivity contribution in [3.05, 3.63) is 24.8 Å². The molecule has 2 nitrogen and oxygen atoms in total. The molecule has 0 unspecified atom stereocenters. The molecule has 0 saturated heterocycles. The first-order chi connectivity index (χ1) is 7.20. The molecule has 0 amide bonds.